The summed E-state index contributed by atoms with van der Waals surface area (Å²) in [6, 6.07) is 14.9. The molecule has 0 saturated heterocycles. The topological polar surface area (TPSA) is 91.5 Å². The first-order valence-corrected chi connectivity index (χ1v) is 9.25. The van der Waals surface area contributed by atoms with E-state index in [0.29, 0.717) is 28.9 Å². The van der Waals surface area contributed by atoms with Crippen molar-refractivity contribution >= 4 is 39.5 Å². The van der Waals surface area contributed by atoms with Crippen molar-refractivity contribution in [2.45, 2.75) is 18.0 Å². The third kappa shape index (κ3) is 3.52. The molecule has 0 aliphatic rings. The molecule has 7 heteroatoms. The Hall–Kier alpha value is -2.93. The number of aromatic amines is 2. The summed E-state index contributed by atoms with van der Waals surface area (Å²) in [6.07, 6.45) is 0.959. The van der Waals surface area contributed by atoms with Crippen molar-refractivity contribution in [1.29, 1.82) is 0 Å². The maximum atomic E-state index is 12.2. The lowest BCUT2D eigenvalue weighted by Gasteiger charge is -2.02. The number of imidazole rings is 1. The quantitative estimate of drug-likeness (QED) is 0.405. The fourth-order valence-corrected chi connectivity index (χ4v) is 3.51. The number of ketones is 1. The van der Waals surface area contributed by atoms with Gasteiger partial charge in [-0.1, -0.05) is 36.0 Å². The van der Waals surface area contributed by atoms with E-state index in [1.54, 1.807) is 18.2 Å². The Balaban J connectivity index is 1.37. The Bertz CT molecular complexity index is 1120. The van der Waals surface area contributed by atoms with E-state index in [0.717, 1.165) is 16.9 Å². The number of H-pyrrole nitrogens is 2. The SMILES string of the molecule is O=C(CCc1nc2ccccc2[nH]1)CSc1nc2ccccc2c(=O)[nH]1. The van der Waals surface area contributed by atoms with Crippen LogP contribution in [0.15, 0.2) is 58.5 Å². The number of thioether (sulfide) groups is 1. The molecule has 2 N–H and O–H groups in total. The van der Waals surface area contributed by atoms with E-state index in [2.05, 4.69) is 19.9 Å². The summed E-state index contributed by atoms with van der Waals surface area (Å²) in [4.78, 5) is 39.0. The highest BCUT2D eigenvalue weighted by Gasteiger charge is 2.09. The molecular formula is C19H16N4O2S. The normalized spacial score (nSPS) is 11.2. The number of rotatable bonds is 6. The van der Waals surface area contributed by atoms with Gasteiger partial charge in [0.25, 0.3) is 5.56 Å². The summed E-state index contributed by atoms with van der Waals surface area (Å²) in [6.45, 7) is 0. The molecule has 26 heavy (non-hydrogen) atoms. The molecule has 0 fully saturated rings. The maximum absolute atomic E-state index is 12.2. The summed E-state index contributed by atoms with van der Waals surface area (Å²) in [5.74, 6) is 1.16. The number of benzene rings is 2. The van der Waals surface area contributed by atoms with Crippen molar-refractivity contribution in [2.75, 3.05) is 5.75 Å². The number of carbonyl (C=O) groups is 1. The minimum atomic E-state index is -0.187. The number of nitrogens with zero attached hydrogens (tertiary/aromatic N) is 2. The lowest BCUT2D eigenvalue weighted by Crippen LogP contribution is -2.10. The largest absolute Gasteiger partial charge is 0.342 e. The number of aryl methyl sites for hydroxylation is 1. The predicted molar refractivity (Wildman–Crippen MR) is 103 cm³/mol. The molecule has 0 radical (unpaired) electrons. The van der Waals surface area contributed by atoms with Gasteiger partial charge in [-0.2, -0.15) is 0 Å². The van der Waals surface area contributed by atoms with E-state index < -0.39 is 0 Å². The van der Waals surface area contributed by atoms with Crippen LogP contribution in [0.3, 0.4) is 0 Å². The highest BCUT2D eigenvalue weighted by atomic mass is 32.2. The molecule has 0 saturated carbocycles. The van der Waals surface area contributed by atoms with Crippen LogP contribution in [0.1, 0.15) is 12.2 Å². The second-order valence-corrected chi connectivity index (χ2v) is 6.88. The lowest BCUT2D eigenvalue weighted by molar-refractivity contribution is -0.116. The van der Waals surface area contributed by atoms with Gasteiger partial charge in [0, 0.05) is 12.8 Å². The first-order chi connectivity index (χ1) is 12.7. The standard InChI is InChI=1S/C19H16N4O2S/c24-12(9-10-17-20-15-7-3-4-8-16(15)21-17)11-26-19-22-14-6-2-1-5-13(14)18(25)23-19/h1-8H,9-11H2,(H,20,21)(H,22,23,25). The van der Waals surface area contributed by atoms with E-state index in [4.69, 9.17) is 0 Å². The van der Waals surface area contributed by atoms with Crippen molar-refractivity contribution in [3.05, 3.63) is 64.7 Å². The van der Waals surface area contributed by atoms with Gasteiger partial charge in [-0.05, 0) is 24.3 Å². The van der Waals surface area contributed by atoms with Crippen LogP contribution in [0, 0.1) is 0 Å². The number of carbonyl (C=O) groups excluding carboxylic acids is 1. The van der Waals surface area contributed by atoms with Gasteiger partial charge in [0.05, 0.1) is 27.7 Å². The van der Waals surface area contributed by atoms with Gasteiger partial charge in [-0.15, -0.1) is 0 Å². The fraction of sp³-hybridized carbons (Fsp3) is 0.158. The number of aromatic nitrogens is 4. The molecule has 0 bridgehead atoms. The number of fused-ring (bicyclic) bond motifs is 2. The van der Waals surface area contributed by atoms with Gasteiger partial charge in [-0.25, -0.2) is 9.97 Å². The molecule has 0 aliphatic carbocycles. The third-order valence-corrected chi connectivity index (χ3v) is 4.97. The minimum absolute atomic E-state index is 0.0891. The molecule has 2 aromatic heterocycles. The molecule has 130 valence electrons. The monoisotopic (exact) mass is 364 g/mol. The molecule has 4 aromatic rings. The first kappa shape index (κ1) is 16.5. The van der Waals surface area contributed by atoms with E-state index in [1.807, 2.05) is 30.3 Å². The van der Waals surface area contributed by atoms with Crippen molar-refractivity contribution in [1.82, 2.24) is 19.9 Å². The molecule has 4 rings (SSSR count). The average molecular weight is 364 g/mol. The predicted octanol–water partition coefficient (Wildman–Crippen LogP) is 3.09. The smallest absolute Gasteiger partial charge is 0.259 e. The molecule has 0 unspecified atom stereocenters. The summed E-state index contributed by atoms with van der Waals surface area (Å²) >= 11 is 1.25. The Morgan fingerprint density at radius 2 is 1.73 bits per heavy atom. The number of Topliss-reactive ketones (excluding diaryl/α,β-unsaturated/α-hetero) is 1. The summed E-state index contributed by atoms with van der Waals surface area (Å²) in [7, 11) is 0. The van der Waals surface area contributed by atoms with E-state index >= 15 is 0 Å². The average Bonchev–Trinajstić information content (AvgIpc) is 3.08. The lowest BCUT2D eigenvalue weighted by atomic mass is 10.2. The Morgan fingerprint density at radius 3 is 2.58 bits per heavy atom. The summed E-state index contributed by atoms with van der Waals surface area (Å²) in [5.41, 5.74) is 2.32. The molecule has 2 aromatic carbocycles. The van der Waals surface area contributed by atoms with Crippen LogP contribution < -0.4 is 5.56 Å². The summed E-state index contributed by atoms with van der Waals surface area (Å²) < 4.78 is 0. The van der Waals surface area contributed by atoms with Crippen molar-refractivity contribution in [2.24, 2.45) is 0 Å². The molecular weight excluding hydrogens is 348 g/mol. The van der Waals surface area contributed by atoms with Crippen LogP contribution in [0.5, 0.6) is 0 Å². The molecule has 0 amide bonds. The number of nitrogens with one attached hydrogen (secondary N) is 2. The number of para-hydroxylation sites is 3. The molecule has 2 heterocycles. The Kier molecular flexibility index (Phi) is 4.53. The van der Waals surface area contributed by atoms with Gasteiger partial charge in [-0.3, -0.25) is 9.59 Å². The first-order valence-electron chi connectivity index (χ1n) is 8.26. The molecule has 0 spiro atoms. The van der Waals surface area contributed by atoms with Crippen LogP contribution in [0.25, 0.3) is 21.9 Å². The van der Waals surface area contributed by atoms with Crippen LogP contribution in [0.4, 0.5) is 0 Å². The zero-order valence-electron chi connectivity index (χ0n) is 13.9. The number of hydrogen-bond donors (Lipinski definition) is 2. The van der Waals surface area contributed by atoms with Crippen LogP contribution >= 0.6 is 11.8 Å². The Morgan fingerprint density at radius 1 is 0.962 bits per heavy atom. The van der Waals surface area contributed by atoms with Crippen molar-refractivity contribution in [3.8, 4) is 0 Å². The highest BCUT2D eigenvalue weighted by molar-refractivity contribution is 7.99. The third-order valence-electron chi connectivity index (χ3n) is 4.04. The van der Waals surface area contributed by atoms with Crippen LogP contribution in [-0.4, -0.2) is 31.5 Å². The van der Waals surface area contributed by atoms with Crippen LogP contribution in [0.2, 0.25) is 0 Å². The second-order valence-electron chi connectivity index (χ2n) is 5.92. The fourth-order valence-electron chi connectivity index (χ4n) is 2.74. The highest BCUT2D eigenvalue weighted by Crippen LogP contribution is 2.16. The zero-order chi connectivity index (χ0) is 17.9. The summed E-state index contributed by atoms with van der Waals surface area (Å²) in [5, 5.41) is 1.01. The van der Waals surface area contributed by atoms with Gasteiger partial charge in [0.1, 0.15) is 11.6 Å². The second kappa shape index (κ2) is 7.13. The molecule has 0 aliphatic heterocycles. The van der Waals surface area contributed by atoms with Crippen LogP contribution in [-0.2, 0) is 11.2 Å². The van der Waals surface area contributed by atoms with E-state index in [-0.39, 0.29) is 17.1 Å². The van der Waals surface area contributed by atoms with E-state index in [1.165, 1.54) is 11.8 Å². The van der Waals surface area contributed by atoms with Crippen molar-refractivity contribution in [3.63, 3.8) is 0 Å². The molecule has 6 nitrogen and oxygen atoms in total. The minimum Gasteiger partial charge on any atom is -0.342 e. The maximum Gasteiger partial charge on any atom is 0.259 e. The molecule has 0 atom stereocenters. The van der Waals surface area contributed by atoms with Gasteiger partial charge < -0.3 is 9.97 Å². The van der Waals surface area contributed by atoms with Crippen molar-refractivity contribution < 1.29 is 4.79 Å². The Labute approximate surface area is 153 Å². The van der Waals surface area contributed by atoms with Gasteiger partial charge >= 0.3 is 0 Å². The van der Waals surface area contributed by atoms with E-state index in [9.17, 15) is 9.59 Å². The zero-order valence-corrected chi connectivity index (χ0v) is 14.7. The van der Waals surface area contributed by atoms with Gasteiger partial charge in [0.15, 0.2) is 5.16 Å². The number of hydrogen-bond acceptors (Lipinski definition) is 5. The van der Waals surface area contributed by atoms with Gasteiger partial charge in [0.2, 0.25) is 0 Å².